The van der Waals surface area contributed by atoms with Crippen LogP contribution in [0.15, 0.2) is 29.2 Å². The molecule has 0 amide bonds. The highest BCUT2D eigenvalue weighted by Gasteiger charge is 2.22. The largest absolute Gasteiger partial charge is 0.309 e. The fourth-order valence-electron chi connectivity index (χ4n) is 1.70. The Morgan fingerprint density at radius 1 is 1.41 bits per heavy atom. The third kappa shape index (κ3) is 3.15. The molecule has 2 aromatic heterocycles. The van der Waals surface area contributed by atoms with Crippen LogP contribution < -0.4 is 5.32 Å². The van der Waals surface area contributed by atoms with E-state index in [0.717, 1.165) is 6.54 Å². The van der Waals surface area contributed by atoms with Gasteiger partial charge in [-0.15, -0.1) is 22.7 Å². The highest BCUT2D eigenvalue weighted by Crippen LogP contribution is 2.27. The van der Waals surface area contributed by atoms with Gasteiger partial charge < -0.3 is 5.32 Å². The first-order valence-corrected chi connectivity index (χ1v) is 7.51. The van der Waals surface area contributed by atoms with E-state index in [0.29, 0.717) is 6.04 Å². The van der Waals surface area contributed by atoms with Crippen molar-refractivity contribution in [3.05, 3.63) is 39.0 Å². The molecule has 17 heavy (non-hydrogen) atoms. The number of aromatic nitrogens is 1. The lowest BCUT2D eigenvalue weighted by atomic mass is 9.91. The van der Waals surface area contributed by atoms with Crippen LogP contribution in [0, 0.1) is 0 Å². The Morgan fingerprint density at radius 3 is 2.82 bits per heavy atom. The molecule has 1 unspecified atom stereocenters. The monoisotopic (exact) mass is 266 g/mol. The first kappa shape index (κ1) is 12.7. The molecule has 1 N–H and O–H groups in total. The van der Waals surface area contributed by atoms with Crippen LogP contribution in [0.3, 0.4) is 0 Å². The molecule has 2 nitrogen and oxygen atoms in total. The van der Waals surface area contributed by atoms with Crippen molar-refractivity contribution in [3.8, 4) is 0 Å². The van der Waals surface area contributed by atoms with Crippen molar-refractivity contribution in [2.24, 2.45) is 0 Å². The van der Waals surface area contributed by atoms with Crippen LogP contribution in [0.1, 0.15) is 36.6 Å². The minimum Gasteiger partial charge on any atom is -0.309 e. The van der Waals surface area contributed by atoms with E-state index < -0.39 is 0 Å². The number of hydrogen-bond donors (Lipinski definition) is 1. The highest BCUT2D eigenvalue weighted by atomic mass is 32.1. The van der Waals surface area contributed by atoms with Gasteiger partial charge in [-0.3, -0.25) is 4.98 Å². The topological polar surface area (TPSA) is 24.9 Å². The summed E-state index contributed by atoms with van der Waals surface area (Å²) in [6, 6.07) is 4.71. The van der Waals surface area contributed by atoms with Gasteiger partial charge in [0.15, 0.2) is 0 Å². The number of nitrogens with zero attached hydrogens (tertiary/aromatic N) is 1. The second-order valence-corrected chi connectivity index (χ2v) is 6.73. The fourth-order valence-corrected chi connectivity index (χ4v) is 3.20. The summed E-state index contributed by atoms with van der Waals surface area (Å²) in [5.74, 6) is 0. The predicted octanol–water partition coefficient (Wildman–Crippen LogP) is 3.83. The lowest BCUT2D eigenvalue weighted by Gasteiger charge is -2.25. The first-order valence-electron chi connectivity index (χ1n) is 5.75. The maximum Gasteiger partial charge on any atom is 0.0794 e. The molecule has 0 saturated carbocycles. The minimum atomic E-state index is 0.188. The maximum atomic E-state index is 4.12. The number of nitrogens with one attached hydrogen (secondary N) is 1. The Labute approximate surface area is 111 Å². The van der Waals surface area contributed by atoms with Crippen molar-refractivity contribution in [2.45, 2.75) is 32.2 Å². The van der Waals surface area contributed by atoms with Crippen LogP contribution in [-0.4, -0.2) is 11.5 Å². The smallest absolute Gasteiger partial charge is 0.0794 e. The molecule has 1 atom stereocenters. The Hall–Kier alpha value is -0.710. The Morgan fingerprint density at radius 2 is 2.24 bits per heavy atom. The fraction of sp³-hybridized carbons (Fsp3) is 0.462. The molecule has 0 aromatic carbocycles. The van der Waals surface area contributed by atoms with E-state index >= 15 is 0 Å². The number of thiazole rings is 1. The molecule has 0 fully saturated rings. The number of rotatable bonds is 5. The minimum absolute atomic E-state index is 0.188. The highest BCUT2D eigenvalue weighted by molar-refractivity contribution is 7.10. The van der Waals surface area contributed by atoms with E-state index in [1.54, 1.807) is 11.3 Å². The average Bonchev–Trinajstić information content (AvgIpc) is 2.97. The van der Waals surface area contributed by atoms with Crippen LogP contribution in [0.25, 0.3) is 0 Å². The molecular formula is C13H18N2S2. The van der Waals surface area contributed by atoms with Crippen LogP contribution in [0.2, 0.25) is 0 Å². The summed E-state index contributed by atoms with van der Waals surface area (Å²) in [6.07, 6.45) is 1.94. The van der Waals surface area contributed by atoms with Crippen molar-refractivity contribution in [3.63, 3.8) is 0 Å². The maximum absolute atomic E-state index is 4.12. The molecule has 92 valence electrons. The zero-order chi connectivity index (χ0) is 12.3. The predicted molar refractivity (Wildman–Crippen MR) is 75.9 cm³/mol. The summed E-state index contributed by atoms with van der Waals surface area (Å²) in [4.78, 5) is 6.85. The summed E-state index contributed by atoms with van der Waals surface area (Å²) in [6.45, 7) is 7.74. The van der Waals surface area contributed by atoms with Gasteiger partial charge in [-0.25, -0.2) is 0 Å². The van der Waals surface area contributed by atoms with E-state index in [-0.39, 0.29) is 5.41 Å². The summed E-state index contributed by atoms with van der Waals surface area (Å²) >= 11 is 3.54. The number of thiophene rings is 1. The molecule has 0 bridgehead atoms. The second-order valence-electron chi connectivity index (χ2n) is 4.87. The van der Waals surface area contributed by atoms with E-state index in [2.05, 4.69) is 48.6 Å². The molecule has 0 aliphatic carbocycles. The van der Waals surface area contributed by atoms with E-state index in [1.165, 1.54) is 9.75 Å². The van der Waals surface area contributed by atoms with Crippen LogP contribution >= 0.6 is 22.7 Å². The van der Waals surface area contributed by atoms with Crippen LogP contribution in [-0.2, 0) is 5.41 Å². The molecule has 2 rings (SSSR count). The van der Waals surface area contributed by atoms with Gasteiger partial charge in [0, 0.05) is 34.0 Å². The van der Waals surface area contributed by atoms with Crippen molar-refractivity contribution in [1.29, 1.82) is 0 Å². The van der Waals surface area contributed by atoms with Crippen molar-refractivity contribution in [1.82, 2.24) is 10.3 Å². The number of hydrogen-bond acceptors (Lipinski definition) is 4. The third-order valence-electron chi connectivity index (χ3n) is 2.92. The summed E-state index contributed by atoms with van der Waals surface area (Å²) in [5, 5.41) is 5.73. The molecule has 0 aliphatic rings. The molecule has 0 radical (unpaired) electrons. The second kappa shape index (κ2) is 5.29. The van der Waals surface area contributed by atoms with Gasteiger partial charge in [-0.2, -0.15) is 0 Å². The SMILES string of the molecule is CC(NCC(C)(C)c1cccs1)c1cncs1. The van der Waals surface area contributed by atoms with Crippen molar-refractivity contribution in [2.75, 3.05) is 6.54 Å². The van der Waals surface area contributed by atoms with Gasteiger partial charge in [0.25, 0.3) is 0 Å². The first-order chi connectivity index (χ1) is 8.09. The summed E-state index contributed by atoms with van der Waals surface area (Å²) in [7, 11) is 0. The molecule has 2 aromatic rings. The van der Waals surface area contributed by atoms with Crippen LogP contribution in [0.5, 0.6) is 0 Å². The molecule has 2 heterocycles. The molecule has 0 spiro atoms. The Kier molecular flexibility index (Phi) is 3.97. The molecule has 0 aliphatic heterocycles. The summed E-state index contributed by atoms with van der Waals surface area (Å²) in [5.41, 5.74) is 2.07. The van der Waals surface area contributed by atoms with Gasteiger partial charge >= 0.3 is 0 Å². The van der Waals surface area contributed by atoms with Gasteiger partial charge in [0.2, 0.25) is 0 Å². The van der Waals surface area contributed by atoms with Crippen molar-refractivity contribution < 1.29 is 0 Å². The van der Waals surface area contributed by atoms with Gasteiger partial charge in [0.05, 0.1) is 5.51 Å². The third-order valence-corrected chi connectivity index (χ3v) is 5.11. The van der Waals surface area contributed by atoms with Crippen molar-refractivity contribution >= 4 is 22.7 Å². The van der Waals surface area contributed by atoms with Gasteiger partial charge in [0.1, 0.15) is 0 Å². The normalized spacial score (nSPS) is 13.8. The van der Waals surface area contributed by atoms with E-state index in [9.17, 15) is 0 Å². The quantitative estimate of drug-likeness (QED) is 0.889. The average molecular weight is 266 g/mol. The Bertz CT molecular complexity index is 432. The van der Waals surface area contributed by atoms with Crippen LogP contribution in [0.4, 0.5) is 0 Å². The standard InChI is InChI=1S/C13H18N2S2/c1-10(11-7-14-9-17-11)15-8-13(2,3)12-5-4-6-16-12/h4-7,9-10,15H,8H2,1-3H3. The zero-order valence-corrected chi connectivity index (χ0v) is 12.1. The van der Waals surface area contributed by atoms with Gasteiger partial charge in [-0.1, -0.05) is 19.9 Å². The molecule has 4 heteroatoms. The lowest BCUT2D eigenvalue weighted by molar-refractivity contribution is 0.444. The van der Waals surface area contributed by atoms with Gasteiger partial charge in [-0.05, 0) is 18.4 Å². The van der Waals surface area contributed by atoms with E-state index in [1.807, 2.05) is 23.0 Å². The van der Waals surface area contributed by atoms with E-state index in [4.69, 9.17) is 0 Å². The molecule has 0 saturated heterocycles. The zero-order valence-electron chi connectivity index (χ0n) is 10.4. The molecular weight excluding hydrogens is 248 g/mol. The Balaban J connectivity index is 1.94. The lowest BCUT2D eigenvalue weighted by Crippen LogP contribution is -2.33. The summed E-state index contributed by atoms with van der Waals surface area (Å²) < 4.78 is 0.